The van der Waals surface area contributed by atoms with Gasteiger partial charge in [-0.15, -0.1) is 13.2 Å². The number of benzene rings is 3. The molecule has 3 aliphatic carbocycles. The molecule has 1 N–H and O–H groups in total. The quantitative estimate of drug-likeness (QED) is 0.139. The molecule has 4 atom stereocenters. The predicted octanol–water partition coefficient (Wildman–Crippen LogP) is 6.49. The third-order valence-electron chi connectivity index (χ3n) is 9.30. The summed E-state index contributed by atoms with van der Waals surface area (Å²) in [6.07, 6.45) is -2.29. The van der Waals surface area contributed by atoms with Gasteiger partial charge in [0.25, 0.3) is 0 Å². The fraction of sp³-hybridized carbons (Fsp3) is 0.194. The van der Waals surface area contributed by atoms with E-state index in [0.717, 1.165) is 29.2 Å². The van der Waals surface area contributed by atoms with Crippen LogP contribution in [0, 0.1) is 17.8 Å². The number of aromatic hydroxyl groups is 1. The number of halogens is 4. The molecule has 48 heavy (non-hydrogen) atoms. The molecule has 1 aliphatic heterocycles. The van der Waals surface area contributed by atoms with Crippen molar-refractivity contribution in [2.24, 2.45) is 17.8 Å². The molecule has 1 heterocycles. The van der Waals surface area contributed by atoms with E-state index in [0.29, 0.717) is 16.7 Å². The molecule has 3 aromatic carbocycles. The van der Waals surface area contributed by atoms with Gasteiger partial charge in [-0.25, -0.2) is 0 Å². The number of amides is 2. The molecule has 0 aromatic heterocycles. The monoisotopic (exact) mass is 717 g/mol. The second kappa shape index (κ2) is 11.6. The number of imide groups is 1. The van der Waals surface area contributed by atoms with E-state index < -0.39 is 64.9 Å². The lowest BCUT2D eigenvalue weighted by molar-refractivity contribution is -0.274. The predicted molar refractivity (Wildman–Crippen MR) is 168 cm³/mol. The summed E-state index contributed by atoms with van der Waals surface area (Å²) >= 11 is 3.12. The summed E-state index contributed by atoms with van der Waals surface area (Å²) in [5.41, 5.74) is 1.44. The van der Waals surface area contributed by atoms with Crippen molar-refractivity contribution in [3.8, 4) is 11.5 Å². The summed E-state index contributed by atoms with van der Waals surface area (Å²) in [6.45, 7) is 0. The van der Waals surface area contributed by atoms with Crippen LogP contribution < -0.4 is 9.64 Å². The molecule has 0 spiro atoms. The number of phenolic OH excluding ortho intramolecular Hbond substituents is 1. The minimum atomic E-state index is -5.04. The fourth-order valence-electron chi connectivity index (χ4n) is 7.30. The number of carbonyl (C=O) groups excluding carboxylic acids is 5. The summed E-state index contributed by atoms with van der Waals surface area (Å²) in [5, 5.41) is 10.9. The van der Waals surface area contributed by atoms with Crippen molar-refractivity contribution in [3.05, 3.63) is 123 Å². The van der Waals surface area contributed by atoms with Crippen molar-refractivity contribution in [1.82, 2.24) is 0 Å². The van der Waals surface area contributed by atoms with E-state index >= 15 is 0 Å². The van der Waals surface area contributed by atoms with E-state index in [4.69, 9.17) is 0 Å². The standard InChI is InChI=1S/C36H23BrF3NO7/c37-26-16-28(43)31-25(33(26)45)15-23-21(29(31)24-14-20(10-13-27(24)42)48-36(38,39)40)11-12-22-30(23)35(47)41(34(22)46)19-8-6-18(7-9-19)32(44)17-4-2-1-3-5-17/h1-11,13-14,16,22-23,29-30,42H,12,15H2. The Hall–Kier alpha value is -5.10. The first-order valence-corrected chi connectivity index (χ1v) is 15.7. The number of phenols is 1. The molecule has 0 bridgehead atoms. The summed E-state index contributed by atoms with van der Waals surface area (Å²) in [5.74, 6) is -7.24. The Balaban J connectivity index is 1.27. The molecule has 4 unspecified atom stereocenters. The van der Waals surface area contributed by atoms with Gasteiger partial charge in [-0.05, 0) is 77.2 Å². The van der Waals surface area contributed by atoms with Crippen LogP contribution in [0.3, 0.4) is 0 Å². The molecule has 2 amide bonds. The van der Waals surface area contributed by atoms with Crippen molar-refractivity contribution < 1.29 is 47.0 Å². The van der Waals surface area contributed by atoms with Gasteiger partial charge < -0.3 is 9.84 Å². The van der Waals surface area contributed by atoms with Crippen LogP contribution >= 0.6 is 15.9 Å². The number of fused-ring (bicyclic) bond motifs is 3. The molecule has 0 saturated carbocycles. The van der Waals surface area contributed by atoms with Crippen LogP contribution in [0.4, 0.5) is 18.9 Å². The molecule has 12 heteroatoms. The van der Waals surface area contributed by atoms with Gasteiger partial charge in [0.2, 0.25) is 11.8 Å². The molecule has 8 nitrogen and oxygen atoms in total. The van der Waals surface area contributed by atoms with Gasteiger partial charge >= 0.3 is 6.36 Å². The normalized spacial score (nSPS) is 23.7. The van der Waals surface area contributed by atoms with Crippen molar-refractivity contribution >= 4 is 50.8 Å². The van der Waals surface area contributed by atoms with Gasteiger partial charge in [-0.3, -0.25) is 28.9 Å². The van der Waals surface area contributed by atoms with Crippen molar-refractivity contribution in [3.63, 3.8) is 0 Å². The van der Waals surface area contributed by atoms with Crippen LogP contribution in [0.2, 0.25) is 0 Å². The van der Waals surface area contributed by atoms with Crippen LogP contribution in [-0.4, -0.2) is 40.6 Å². The number of nitrogens with zero attached hydrogens (tertiary/aromatic N) is 1. The van der Waals surface area contributed by atoms with Crippen LogP contribution in [0.5, 0.6) is 11.5 Å². The van der Waals surface area contributed by atoms with E-state index in [-0.39, 0.29) is 45.5 Å². The van der Waals surface area contributed by atoms with Crippen LogP contribution in [-0.2, 0) is 19.2 Å². The highest BCUT2D eigenvalue weighted by atomic mass is 79.9. The van der Waals surface area contributed by atoms with E-state index in [9.17, 15) is 42.3 Å². The highest BCUT2D eigenvalue weighted by Crippen LogP contribution is 2.57. The van der Waals surface area contributed by atoms with Crippen LogP contribution in [0.25, 0.3) is 0 Å². The Labute approximate surface area is 279 Å². The lowest BCUT2D eigenvalue weighted by Gasteiger charge is -2.42. The lowest BCUT2D eigenvalue weighted by atomic mass is 9.59. The first-order valence-electron chi connectivity index (χ1n) is 14.9. The number of allylic oxidation sites excluding steroid dienone is 6. The Morgan fingerprint density at radius 2 is 1.58 bits per heavy atom. The molecule has 3 aromatic rings. The highest BCUT2D eigenvalue weighted by molar-refractivity contribution is 9.12. The van der Waals surface area contributed by atoms with Crippen molar-refractivity contribution in [2.75, 3.05) is 4.90 Å². The average molecular weight is 718 g/mol. The SMILES string of the molecule is O=C1C=C(Br)C(=O)C2=C1C(c1cc(OC(F)(F)F)ccc1O)C1=CCC3C(=O)N(c4ccc(C(=O)c5ccccc5)cc4)C(=O)C3C1C2. The lowest BCUT2D eigenvalue weighted by Crippen LogP contribution is -2.39. The molecule has 0 radical (unpaired) electrons. The van der Waals surface area contributed by atoms with Gasteiger partial charge in [0.15, 0.2) is 17.3 Å². The number of hydrogen-bond acceptors (Lipinski definition) is 7. The maximum absolute atomic E-state index is 14.2. The molecule has 242 valence electrons. The summed E-state index contributed by atoms with van der Waals surface area (Å²) in [6, 6.07) is 17.6. The molecule has 7 rings (SSSR count). The van der Waals surface area contributed by atoms with Crippen molar-refractivity contribution in [2.45, 2.75) is 25.1 Å². The third-order valence-corrected chi connectivity index (χ3v) is 9.89. The Kier molecular flexibility index (Phi) is 7.58. The Bertz CT molecular complexity index is 2030. The molecular weight excluding hydrogens is 695 g/mol. The molecule has 1 fully saturated rings. The van der Waals surface area contributed by atoms with Crippen LogP contribution in [0.1, 0.15) is 40.2 Å². The van der Waals surface area contributed by atoms with E-state index in [1.54, 1.807) is 36.4 Å². The number of Topliss-reactive ketones (excluding diaryl/α,β-unsaturated/α-hetero) is 1. The maximum Gasteiger partial charge on any atom is 0.573 e. The van der Waals surface area contributed by atoms with E-state index in [1.165, 1.54) is 24.3 Å². The van der Waals surface area contributed by atoms with Crippen LogP contribution in [0.15, 0.2) is 106 Å². The first kappa shape index (κ1) is 31.5. The average Bonchev–Trinajstić information content (AvgIpc) is 3.32. The van der Waals surface area contributed by atoms with Crippen molar-refractivity contribution in [1.29, 1.82) is 0 Å². The topological polar surface area (TPSA) is 118 Å². The van der Waals surface area contributed by atoms with Gasteiger partial charge in [-0.1, -0.05) is 42.0 Å². The highest BCUT2D eigenvalue weighted by Gasteiger charge is 2.57. The summed E-state index contributed by atoms with van der Waals surface area (Å²) in [7, 11) is 0. The summed E-state index contributed by atoms with van der Waals surface area (Å²) in [4.78, 5) is 68.8. The Morgan fingerprint density at radius 1 is 0.896 bits per heavy atom. The van der Waals surface area contributed by atoms with Gasteiger partial charge in [-0.2, -0.15) is 0 Å². The Morgan fingerprint density at radius 3 is 2.27 bits per heavy atom. The largest absolute Gasteiger partial charge is 0.573 e. The molecular formula is C36H23BrF3NO7. The van der Waals surface area contributed by atoms with Gasteiger partial charge in [0.05, 0.1) is 22.0 Å². The zero-order valence-corrected chi connectivity index (χ0v) is 26.2. The second-order valence-electron chi connectivity index (χ2n) is 11.9. The van der Waals surface area contributed by atoms with Gasteiger partial charge in [0, 0.05) is 39.8 Å². The number of hydrogen-bond donors (Lipinski definition) is 1. The zero-order chi connectivity index (χ0) is 34.1. The minimum Gasteiger partial charge on any atom is -0.508 e. The number of carbonyl (C=O) groups is 5. The number of rotatable bonds is 5. The molecule has 1 saturated heterocycles. The first-order chi connectivity index (χ1) is 22.8. The fourth-order valence-corrected chi connectivity index (χ4v) is 7.74. The summed E-state index contributed by atoms with van der Waals surface area (Å²) < 4.78 is 43.5. The maximum atomic E-state index is 14.2. The zero-order valence-electron chi connectivity index (χ0n) is 24.7. The third kappa shape index (κ3) is 5.20. The minimum absolute atomic E-state index is 0.0177. The second-order valence-corrected chi connectivity index (χ2v) is 12.8. The number of ketones is 3. The van der Waals surface area contributed by atoms with E-state index in [2.05, 4.69) is 20.7 Å². The van der Waals surface area contributed by atoms with Gasteiger partial charge in [0.1, 0.15) is 11.5 Å². The number of anilines is 1. The number of alkyl halides is 3. The molecule has 4 aliphatic rings. The number of ether oxygens (including phenoxy) is 1. The smallest absolute Gasteiger partial charge is 0.508 e. The van der Waals surface area contributed by atoms with E-state index in [1.807, 2.05) is 0 Å².